The highest BCUT2D eigenvalue weighted by atomic mass is 16.1. The van der Waals surface area contributed by atoms with Crippen LogP contribution in [-0.2, 0) is 6.42 Å². The van der Waals surface area contributed by atoms with Crippen molar-refractivity contribution < 1.29 is 4.79 Å². The van der Waals surface area contributed by atoms with E-state index in [1.807, 2.05) is 55.5 Å². The second-order valence-electron chi connectivity index (χ2n) is 7.07. The molecule has 0 aliphatic carbocycles. The number of rotatable bonds is 7. The zero-order valence-corrected chi connectivity index (χ0v) is 16.8. The topological polar surface area (TPSA) is 79.8 Å². The fourth-order valence-corrected chi connectivity index (χ4v) is 3.30. The van der Waals surface area contributed by atoms with Gasteiger partial charge in [0.2, 0.25) is 5.95 Å². The summed E-state index contributed by atoms with van der Waals surface area (Å²) < 4.78 is 0. The number of fused-ring (bicyclic) bond motifs is 1. The first-order valence-corrected chi connectivity index (χ1v) is 9.97. The van der Waals surface area contributed by atoms with Gasteiger partial charge in [0.25, 0.3) is 5.91 Å². The summed E-state index contributed by atoms with van der Waals surface area (Å²) >= 11 is 0. The zero-order chi connectivity index (χ0) is 20.8. The molecule has 4 aromatic rings. The molecule has 0 saturated heterocycles. The molecule has 0 atom stereocenters. The van der Waals surface area contributed by atoms with Crippen LogP contribution in [0.25, 0.3) is 10.9 Å². The van der Waals surface area contributed by atoms with Crippen LogP contribution in [0.1, 0.15) is 28.2 Å². The Bertz CT molecular complexity index is 1160. The van der Waals surface area contributed by atoms with Crippen LogP contribution in [0.5, 0.6) is 0 Å². The fraction of sp³-hybridized carbons (Fsp3) is 0.167. The molecule has 2 aromatic heterocycles. The van der Waals surface area contributed by atoms with Gasteiger partial charge < -0.3 is 10.6 Å². The van der Waals surface area contributed by atoms with Crippen LogP contribution in [0.2, 0.25) is 0 Å². The Morgan fingerprint density at radius 2 is 1.80 bits per heavy atom. The SMILES string of the molecule is Cc1cc(C(=O)NCCCc2ccccc2)nc(Nc2cccc3cccnc23)n1. The molecule has 0 radical (unpaired) electrons. The van der Waals surface area contributed by atoms with Crippen molar-refractivity contribution in [2.24, 2.45) is 0 Å². The molecule has 0 unspecified atom stereocenters. The maximum Gasteiger partial charge on any atom is 0.270 e. The number of carbonyl (C=O) groups is 1. The Morgan fingerprint density at radius 3 is 2.67 bits per heavy atom. The summed E-state index contributed by atoms with van der Waals surface area (Å²) in [6.07, 6.45) is 3.54. The van der Waals surface area contributed by atoms with E-state index >= 15 is 0 Å². The van der Waals surface area contributed by atoms with Crippen molar-refractivity contribution in [2.45, 2.75) is 19.8 Å². The molecule has 2 N–H and O–H groups in total. The fourth-order valence-electron chi connectivity index (χ4n) is 3.30. The van der Waals surface area contributed by atoms with Crippen LogP contribution in [0.3, 0.4) is 0 Å². The molecule has 0 spiro atoms. The number of anilines is 2. The number of nitrogens with zero attached hydrogens (tertiary/aromatic N) is 3. The van der Waals surface area contributed by atoms with Crippen LogP contribution in [-0.4, -0.2) is 27.4 Å². The summed E-state index contributed by atoms with van der Waals surface area (Å²) in [7, 11) is 0. The number of pyridine rings is 1. The van der Waals surface area contributed by atoms with Gasteiger partial charge in [-0.25, -0.2) is 9.97 Å². The van der Waals surface area contributed by atoms with Crippen molar-refractivity contribution >= 4 is 28.4 Å². The molecule has 30 heavy (non-hydrogen) atoms. The summed E-state index contributed by atoms with van der Waals surface area (Å²) in [6, 6.07) is 21.7. The van der Waals surface area contributed by atoms with Gasteiger partial charge in [-0.15, -0.1) is 0 Å². The Morgan fingerprint density at radius 1 is 0.967 bits per heavy atom. The molecule has 6 nitrogen and oxygen atoms in total. The van der Waals surface area contributed by atoms with Gasteiger partial charge in [0.1, 0.15) is 5.69 Å². The molecular weight excluding hydrogens is 374 g/mol. The van der Waals surface area contributed by atoms with Gasteiger partial charge in [0.05, 0.1) is 11.2 Å². The smallest absolute Gasteiger partial charge is 0.270 e. The Kier molecular flexibility index (Phi) is 5.94. The van der Waals surface area contributed by atoms with Crippen molar-refractivity contribution in [1.29, 1.82) is 0 Å². The van der Waals surface area contributed by atoms with E-state index < -0.39 is 0 Å². The second kappa shape index (κ2) is 9.13. The number of nitrogens with one attached hydrogen (secondary N) is 2. The highest BCUT2D eigenvalue weighted by Gasteiger charge is 2.11. The number of para-hydroxylation sites is 1. The molecule has 2 aromatic carbocycles. The third-order valence-corrected chi connectivity index (χ3v) is 4.74. The van der Waals surface area contributed by atoms with Gasteiger partial charge in [-0.05, 0) is 43.5 Å². The summed E-state index contributed by atoms with van der Waals surface area (Å²) in [6.45, 7) is 2.44. The van der Waals surface area contributed by atoms with Crippen molar-refractivity contribution in [3.63, 3.8) is 0 Å². The molecule has 150 valence electrons. The number of amides is 1. The van der Waals surface area contributed by atoms with Crippen LogP contribution in [0.4, 0.5) is 11.6 Å². The first-order chi connectivity index (χ1) is 14.7. The maximum absolute atomic E-state index is 12.6. The predicted molar refractivity (Wildman–Crippen MR) is 119 cm³/mol. The minimum absolute atomic E-state index is 0.201. The van der Waals surface area contributed by atoms with Gasteiger partial charge in [-0.1, -0.05) is 48.5 Å². The van der Waals surface area contributed by atoms with E-state index in [9.17, 15) is 4.79 Å². The number of aryl methyl sites for hydroxylation is 2. The lowest BCUT2D eigenvalue weighted by molar-refractivity contribution is 0.0948. The summed E-state index contributed by atoms with van der Waals surface area (Å²) in [5.41, 5.74) is 3.96. The van der Waals surface area contributed by atoms with Gasteiger partial charge in [-0.2, -0.15) is 0 Å². The highest BCUT2D eigenvalue weighted by Crippen LogP contribution is 2.23. The van der Waals surface area contributed by atoms with E-state index in [0.29, 0.717) is 18.2 Å². The first-order valence-electron chi connectivity index (χ1n) is 9.97. The third-order valence-electron chi connectivity index (χ3n) is 4.74. The number of aromatic nitrogens is 3. The van der Waals surface area contributed by atoms with Crippen LogP contribution < -0.4 is 10.6 Å². The Hall–Kier alpha value is -3.80. The lowest BCUT2D eigenvalue weighted by atomic mass is 10.1. The number of carbonyl (C=O) groups excluding carboxylic acids is 1. The largest absolute Gasteiger partial charge is 0.351 e. The Labute approximate surface area is 175 Å². The van der Waals surface area contributed by atoms with Crippen LogP contribution in [0.15, 0.2) is 72.9 Å². The zero-order valence-electron chi connectivity index (χ0n) is 16.8. The normalized spacial score (nSPS) is 10.7. The standard InChI is InChI=1S/C24H23N5O/c1-17-16-21(23(30)26-15-6-10-18-8-3-2-4-9-18)29-24(27-17)28-20-13-5-11-19-12-7-14-25-22(19)20/h2-5,7-9,11-14,16H,6,10,15H2,1H3,(H,26,30)(H,27,28,29). The van der Waals surface area contributed by atoms with Gasteiger partial charge >= 0.3 is 0 Å². The third kappa shape index (κ3) is 4.78. The van der Waals surface area contributed by atoms with Gasteiger partial charge in [0, 0.05) is 23.8 Å². The van der Waals surface area contributed by atoms with Crippen LogP contribution >= 0.6 is 0 Å². The summed E-state index contributed by atoms with van der Waals surface area (Å²) in [5, 5.41) is 7.17. The van der Waals surface area contributed by atoms with E-state index in [1.54, 1.807) is 12.3 Å². The van der Waals surface area contributed by atoms with Crippen molar-refractivity contribution in [2.75, 3.05) is 11.9 Å². The van der Waals surface area contributed by atoms with Gasteiger partial charge in [-0.3, -0.25) is 9.78 Å². The van der Waals surface area contributed by atoms with E-state index in [4.69, 9.17) is 0 Å². The van der Waals surface area contributed by atoms with Crippen molar-refractivity contribution in [3.8, 4) is 0 Å². The summed E-state index contributed by atoms with van der Waals surface area (Å²) in [4.78, 5) is 25.9. The van der Waals surface area contributed by atoms with Crippen molar-refractivity contribution in [1.82, 2.24) is 20.3 Å². The van der Waals surface area contributed by atoms with E-state index in [2.05, 4.69) is 37.7 Å². The molecular formula is C24H23N5O. The van der Waals surface area contributed by atoms with Crippen LogP contribution in [0, 0.1) is 6.92 Å². The first kappa shape index (κ1) is 19.5. The van der Waals surface area contributed by atoms with Gasteiger partial charge in [0.15, 0.2) is 0 Å². The lowest BCUT2D eigenvalue weighted by Gasteiger charge is -2.10. The molecule has 6 heteroatoms. The van der Waals surface area contributed by atoms with E-state index in [1.165, 1.54) is 5.56 Å². The second-order valence-corrected chi connectivity index (χ2v) is 7.07. The minimum atomic E-state index is -0.201. The highest BCUT2D eigenvalue weighted by molar-refractivity contribution is 5.93. The quantitative estimate of drug-likeness (QED) is 0.451. The van der Waals surface area contributed by atoms with E-state index in [-0.39, 0.29) is 5.91 Å². The number of benzene rings is 2. The molecule has 0 fully saturated rings. The molecule has 0 aliphatic heterocycles. The number of hydrogen-bond acceptors (Lipinski definition) is 5. The van der Waals surface area contributed by atoms with Crippen molar-refractivity contribution in [3.05, 3.63) is 89.9 Å². The minimum Gasteiger partial charge on any atom is -0.351 e. The predicted octanol–water partition coefficient (Wildman–Crippen LogP) is 4.44. The lowest BCUT2D eigenvalue weighted by Crippen LogP contribution is -2.26. The molecule has 0 bridgehead atoms. The maximum atomic E-state index is 12.6. The summed E-state index contributed by atoms with van der Waals surface area (Å²) in [5.74, 6) is 0.176. The molecule has 1 amide bonds. The van der Waals surface area contributed by atoms with E-state index in [0.717, 1.165) is 35.1 Å². The molecule has 4 rings (SSSR count). The average molecular weight is 397 g/mol. The molecule has 0 saturated carbocycles. The Balaban J connectivity index is 1.43. The monoisotopic (exact) mass is 397 g/mol. The molecule has 0 aliphatic rings. The average Bonchev–Trinajstić information content (AvgIpc) is 2.77. The number of hydrogen-bond donors (Lipinski definition) is 2. The molecule has 2 heterocycles.